The van der Waals surface area contributed by atoms with Gasteiger partial charge in [-0.2, -0.15) is 0 Å². The second-order valence-corrected chi connectivity index (χ2v) is 3.00. The number of hydrogen-bond donors (Lipinski definition) is 7. The Bertz CT molecular complexity index is 213. The molecule has 0 saturated heterocycles. The number of rotatable bonds is 6. The molecule has 0 aromatic rings. The first kappa shape index (κ1) is 18.6. The molecule has 1 unspecified atom stereocenters. The van der Waals surface area contributed by atoms with Crippen LogP contribution < -0.4 is 0 Å². The molecule has 0 bridgehead atoms. The summed E-state index contributed by atoms with van der Waals surface area (Å²) in [5, 5.41) is 61.5. The molecule has 0 aliphatic carbocycles. The van der Waals surface area contributed by atoms with Gasteiger partial charge in [-0.25, -0.2) is 4.79 Å². The fraction of sp³-hybridized carbons (Fsp3) is 0.857. The van der Waals surface area contributed by atoms with Gasteiger partial charge in [0.05, 0.1) is 6.61 Å². The quantitative estimate of drug-likeness (QED) is 0.232. The molecule has 0 heterocycles. The van der Waals surface area contributed by atoms with E-state index < -0.39 is 43.1 Å². The fourth-order valence-corrected chi connectivity index (χ4v) is 0.870. The zero-order chi connectivity index (χ0) is 12.2. The SMILES string of the molecule is O=C(O)C(O)[C@H](O)[C@@H](O)[C@H](O)[C@H](O)CO.[Na]. The summed E-state index contributed by atoms with van der Waals surface area (Å²) in [6, 6.07) is 0. The van der Waals surface area contributed by atoms with Crippen LogP contribution in [0.4, 0.5) is 0 Å². The molecule has 16 heavy (non-hydrogen) atoms. The van der Waals surface area contributed by atoms with E-state index >= 15 is 0 Å². The number of carboxylic acids is 1. The van der Waals surface area contributed by atoms with Gasteiger partial charge in [-0.3, -0.25) is 0 Å². The zero-order valence-corrected chi connectivity index (χ0v) is 10.6. The summed E-state index contributed by atoms with van der Waals surface area (Å²) in [4.78, 5) is 10.2. The minimum atomic E-state index is -2.29. The van der Waals surface area contributed by atoms with Crippen LogP contribution in [0.1, 0.15) is 0 Å². The monoisotopic (exact) mass is 249 g/mol. The van der Waals surface area contributed by atoms with E-state index in [4.69, 9.17) is 35.7 Å². The molecule has 8 nitrogen and oxygen atoms in total. The Morgan fingerprint density at radius 3 is 1.69 bits per heavy atom. The fourth-order valence-electron chi connectivity index (χ4n) is 0.870. The maximum atomic E-state index is 10.2. The molecule has 7 N–H and O–H groups in total. The molecule has 0 aliphatic heterocycles. The summed E-state index contributed by atoms with van der Waals surface area (Å²) in [7, 11) is 0. The van der Waals surface area contributed by atoms with Crippen molar-refractivity contribution >= 4 is 35.5 Å². The van der Waals surface area contributed by atoms with Gasteiger partial charge in [-0.1, -0.05) is 0 Å². The third-order valence-electron chi connectivity index (χ3n) is 1.86. The molecule has 0 saturated carbocycles. The van der Waals surface area contributed by atoms with Gasteiger partial charge in [0.1, 0.15) is 24.4 Å². The van der Waals surface area contributed by atoms with E-state index in [2.05, 4.69) is 0 Å². The molecule has 91 valence electrons. The predicted octanol–water partition coefficient (Wildman–Crippen LogP) is -4.51. The Hall–Kier alpha value is 0.230. The van der Waals surface area contributed by atoms with Crippen LogP contribution in [0.3, 0.4) is 0 Å². The minimum absolute atomic E-state index is 0. The van der Waals surface area contributed by atoms with Crippen LogP contribution in [0.2, 0.25) is 0 Å². The van der Waals surface area contributed by atoms with Crippen LogP contribution in [0, 0.1) is 0 Å². The van der Waals surface area contributed by atoms with Crippen LogP contribution in [0.25, 0.3) is 0 Å². The van der Waals surface area contributed by atoms with E-state index in [-0.39, 0.29) is 29.6 Å². The van der Waals surface area contributed by atoms with Gasteiger partial charge in [-0.05, 0) is 0 Å². The summed E-state index contributed by atoms with van der Waals surface area (Å²) >= 11 is 0. The third-order valence-corrected chi connectivity index (χ3v) is 1.86. The van der Waals surface area contributed by atoms with Gasteiger partial charge in [0.2, 0.25) is 0 Å². The number of aliphatic hydroxyl groups is 6. The average molecular weight is 249 g/mol. The Labute approximate surface area is 113 Å². The van der Waals surface area contributed by atoms with Crippen LogP contribution >= 0.6 is 0 Å². The summed E-state index contributed by atoms with van der Waals surface area (Å²) in [5.41, 5.74) is 0. The smallest absolute Gasteiger partial charge is 0.335 e. The molecule has 0 rings (SSSR count). The standard InChI is InChI=1S/C7H14O8.Na/c8-1-2(9)3(10)4(11)5(12)6(13)7(14)15;/h2-6,8-13H,1H2,(H,14,15);/t2-,3-,4+,5-,6?;/m1./s1. The molecular weight excluding hydrogens is 235 g/mol. The summed E-state index contributed by atoms with van der Waals surface area (Å²) < 4.78 is 0. The molecule has 0 spiro atoms. The molecule has 5 atom stereocenters. The van der Waals surface area contributed by atoms with Crippen molar-refractivity contribution in [2.75, 3.05) is 6.61 Å². The zero-order valence-electron chi connectivity index (χ0n) is 8.63. The topological polar surface area (TPSA) is 159 Å². The molecule has 0 aromatic carbocycles. The largest absolute Gasteiger partial charge is 0.479 e. The predicted molar refractivity (Wildman–Crippen MR) is 50.5 cm³/mol. The van der Waals surface area contributed by atoms with Gasteiger partial charge < -0.3 is 35.7 Å². The van der Waals surface area contributed by atoms with Gasteiger partial charge in [0, 0.05) is 29.6 Å². The second kappa shape index (κ2) is 8.34. The molecular formula is C7H14NaO8. The Morgan fingerprint density at radius 2 is 1.38 bits per heavy atom. The van der Waals surface area contributed by atoms with Gasteiger partial charge in [0.25, 0.3) is 0 Å². The second-order valence-electron chi connectivity index (χ2n) is 3.00. The average Bonchev–Trinajstić information content (AvgIpc) is 2.23. The van der Waals surface area contributed by atoms with E-state index in [1.165, 1.54) is 0 Å². The number of aliphatic hydroxyl groups excluding tert-OH is 6. The maximum absolute atomic E-state index is 10.2. The van der Waals surface area contributed by atoms with Crippen molar-refractivity contribution in [1.82, 2.24) is 0 Å². The maximum Gasteiger partial charge on any atom is 0.335 e. The van der Waals surface area contributed by atoms with E-state index in [9.17, 15) is 4.79 Å². The van der Waals surface area contributed by atoms with Crippen molar-refractivity contribution in [1.29, 1.82) is 0 Å². The number of carboxylic acid groups (broad SMARTS) is 1. The molecule has 9 heteroatoms. The summed E-state index contributed by atoms with van der Waals surface area (Å²) in [6.45, 7) is -0.881. The van der Waals surface area contributed by atoms with Crippen molar-refractivity contribution in [2.24, 2.45) is 0 Å². The van der Waals surface area contributed by atoms with Gasteiger partial charge in [-0.15, -0.1) is 0 Å². The normalized spacial score (nSPS) is 20.1. The van der Waals surface area contributed by atoms with Crippen LogP contribution in [0.5, 0.6) is 0 Å². The van der Waals surface area contributed by atoms with Crippen molar-refractivity contribution in [3.8, 4) is 0 Å². The number of carbonyl (C=O) groups is 1. The minimum Gasteiger partial charge on any atom is -0.479 e. The first-order valence-corrected chi connectivity index (χ1v) is 4.07. The Morgan fingerprint density at radius 1 is 0.938 bits per heavy atom. The van der Waals surface area contributed by atoms with Crippen molar-refractivity contribution < 1.29 is 40.5 Å². The number of aliphatic carboxylic acids is 1. The first-order valence-electron chi connectivity index (χ1n) is 4.07. The molecule has 1 radical (unpaired) electrons. The van der Waals surface area contributed by atoms with Gasteiger partial charge >= 0.3 is 5.97 Å². The van der Waals surface area contributed by atoms with E-state index in [1.807, 2.05) is 0 Å². The third kappa shape index (κ3) is 5.04. The van der Waals surface area contributed by atoms with Gasteiger partial charge in [0.15, 0.2) is 6.10 Å². The van der Waals surface area contributed by atoms with E-state index in [0.717, 1.165) is 0 Å². The molecule has 0 fully saturated rings. The van der Waals surface area contributed by atoms with Crippen LogP contribution in [0.15, 0.2) is 0 Å². The Kier molecular flexibility index (Phi) is 9.69. The number of hydrogen-bond acceptors (Lipinski definition) is 7. The van der Waals surface area contributed by atoms with Crippen molar-refractivity contribution in [2.45, 2.75) is 30.5 Å². The Balaban J connectivity index is 0. The van der Waals surface area contributed by atoms with E-state index in [0.29, 0.717) is 0 Å². The van der Waals surface area contributed by atoms with Crippen molar-refractivity contribution in [3.63, 3.8) is 0 Å². The van der Waals surface area contributed by atoms with E-state index in [1.54, 1.807) is 0 Å². The molecule has 0 aromatic heterocycles. The van der Waals surface area contributed by atoms with Crippen LogP contribution in [-0.2, 0) is 4.79 Å². The molecule has 0 aliphatic rings. The summed E-state index contributed by atoms with van der Waals surface area (Å²) in [5.74, 6) is -1.78. The van der Waals surface area contributed by atoms with Crippen molar-refractivity contribution in [3.05, 3.63) is 0 Å². The summed E-state index contributed by atoms with van der Waals surface area (Å²) in [6.07, 6.45) is -10.2. The molecule has 0 amide bonds. The van der Waals surface area contributed by atoms with Crippen LogP contribution in [-0.4, -0.2) is 108 Å². The first-order chi connectivity index (χ1) is 6.82.